The first-order chi connectivity index (χ1) is 34.3. The Hall–Kier alpha value is -6.58. The van der Waals surface area contributed by atoms with E-state index in [0.717, 1.165) is 27.5 Å². The first-order valence-corrected chi connectivity index (χ1v) is 26.0. The van der Waals surface area contributed by atoms with Gasteiger partial charge in [0.2, 0.25) is 0 Å². The molecule has 0 radical (unpaired) electrons. The fourth-order valence-electron chi connectivity index (χ4n) is 5.71. The fourth-order valence-corrected chi connectivity index (χ4v) is 5.83. The minimum atomic E-state index is -0.385. The van der Waals surface area contributed by atoms with Gasteiger partial charge in [-0.25, -0.2) is 0 Å². The van der Waals surface area contributed by atoms with Gasteiger partial charge in [0.25, 0.3) is 5.69 Å². The maximum atomic E-state index is 10.3. The summed E-state index contributed by atoms with van der Waals surface area (Å²) in [5, 5.41) is 19.6. The molecule has 6 rings (SSSR count). The summed E-state index contributed by atoms with van der Waals surface area (Å²) in [6, 6.07) is 53.2. The number of non-ortho nitro benzene ring substituents is 1. The molecule has 0 fully saturated rings. The number of nitriles is 1. The molecule has 0 unspecified atom stereocenters. The Labute approximate surface area is 449 Å². The Morgan fingerprint density at radius 1 is 0.479 bits per heavy atom. The summed E-state index contributed by atoms with van der Waals surface area (Å²) in [5.74, 6) is 17.2. The lowest BCUT2D eigenvalue weighted by molar-refractivity contribution is -0.384. The molecule has 73 heavy (non-hydrogen) atoms. The largest absolute Gasteiger partial charge is 0.497 e. The van der Waals surface area contributed by atoms with Crippen LogP contribution in [-0.2, 0) is 0 Å². The van der Waals surface area contributed by atoms with E-state index in [-0.39, 0.29) is 16.0 Å². The van der Waals surface area contributed by atoms with E-state index in [0.29, 0.717) is 41.4 Å². The SMILES string of the molecule is CC(C)C#CC(C)(C)C.CC(C)C#Cc1ccccc1.CC(C)c1ccc(C#N)cc1.CC(C)c1ccc(Cl)cc1.CC(C)c1ccc([N+](=O)[O-])cc1.CC(C)c1ccccc1.COc1ccc(C(C)C)cc1. The van der Waals surface area contributed by atoms with Crippen LogP contribution in [0.2, 0.25) is 5.02 Å². The zero-order valence-electron chi connectivity index (χ0n) is 47.5. The molecule has 0 amide bonds. The molecule has 0 aromatic heterocycles. The number of benzene rings is 6. The summed E-state index contributed by atoms with van der Waals surface area (Å²) >= 11 is 5.72. The Balaban J connectivity index is 0.000000830. The summed E-state index contributed by atoms with van der Waals surface area (Å²) in [7, 11) is 1.68. The average Bonchev–Trinajstić information content (AvgIpc) is 3.37. The Kier molecular flexibility index (Phi) is 33.9. The van der Waals surface area contributed by atoms with Crippen molar-refractivity contribution in [1.82, 2.24) is 0 Å². The van der Waals surface area contributed by atoms with Gasteiger partial charge in [-0.3, -0.25) is 10.1 Å². The van der Waals surface area contributed by atoms with E-state index >= 15 is 0 Å². The molecule has 0 saturated carbocycles. The van der Waals surface area contributed by atoms with Crippen LogP contribution in [0.1, 0.15) is 186 Å². The summed E-state index contributed by atoms with van der Waals surface area (Å²) < 4.78 is 5.05. The van der Waals surface area contributed by atoms with Crippen LogP contribution in [0.5, 0.6) is 5.75 Å². The molecule has 390 valence electrons. The lowest BCUT2D eigenvalue weighted by Crippen LogP contribution is -1.99. The monoisotopic (exact) mass is 1000 g/mol. The van der Waals surface area contributed by atoms with E-state index < -0.39 is 0 Å². The first-order valence-electron chi connectivity index (χ1n) is 25.6. The molecule has 0 atom stereocenters. The van der Waals surface area contributed by atoms with Crippen molar-refractivity contribution in [2.45, 2.75) is 147 Å². The molecule has 0 saturated heterocycles. The highest BCUT2D eigenvalue weighted by Crippen LogP contribution is 2.20. The predicted molar refractivity (Wildman–Crippen MR) is 316 cm³/mol. The van der Waals surface area contributed by atoms with Crippen molar-refractivity contribution in [3.05, 3.63) is 212 Å². The molecule has 0 bridgehead atoms. The third-order valence-corrected chi connectivity index (χ3v) is 10.5. The highest BCUT2D eigenvalue weighted by atomic mass is 35.5. The minimum Gasteiger partial charge on any atom is -0.497 e. The Morgan fingerprint density at radius 3 is 1.12 bits per heavy atom. The molecular weight excluding hydrogens is 916 g/mol. The quantitative estimate of drug-likeness (QED) is 0.0907. The zero-order chi connectivity index (χ0) is 55.5. The summed E-state index contributed by atoms with van der Waals surface area (Å²) in [5.41, 5.74) is 8.66. The Morgan fingerprint density at radius 2 is 0.822 bits per heavy atom. The highest BCUT2D eigenvalue weighted by Gasteiger charge is 2.06. The van der Waals surface area contributed by atoms with Crippen LogP contribution in [0.4, 0.5) is 5.69 Å². The molecule has 6 aromatic rings. The number of ether oxygens (including phenoxy) is 1. The minimum absolute atomic E-state index is 0.152. The number of rotatable bonds is 7. The second-order valence-electron chi connectivity index (χ2n) is 20.6. The molecule has 0 N–H and O–H groups in total. The lowest BCUT2D eigenvalue weighted by Gasteiger charge is -2.07. The maximum absolute atomic E-state index is 10.3. The molecule has 0 aliphatic rings. The van der Waals surface area contributed by atoms with Crippen molar-refractivity contribution < 1.29 is 9.66 Å². The van der Waals surface area contributed by atoms with Crippen LogP contribution in [0, 0.1) is 62.4 Å². The second kappa shape index (κ2) is 37.2. The standard InChI is InChI=1S/C11H12.C10H11N.C10H14O.C9H11Cl.C9H11NO2.C9H12.C9H16/c1-10(2)8-9-11-6-4-3-5-7-11;1-8(2)10-5-3-9(7-11)4-6-10;1-8(2)9-4-6-10(11-3)7-5-9;1-7(2)8-3-5-9(10)6-4-8;1-7(2)8-3-5-9(6-4-8)10(11)12;1-8(2)9-6-4-3-5-7-9;1-8(2)6-7-9(3,4)5/h3-7,10H,1-2H3;3-6,8H,1-2H3;4-8H,1-3H3;3-7H,1-2H3;3-7H,1-2H3;3-8H,1-2H3;8H,1-5H3. The van der Waals surface area contributed by atoms with Gasteiger partial charge >= 0.3 is 0 Å². The van der Waals surface area contributed by atoms with Crippen molar-refractivity contribution in [3.63, 3.8) is 0 Å². The highest BCUT2D eigenvalue weighted by molar-refractivity contribution is 6.30. The number of hydrogen-bond acceptors (Lipinski definition) is 4. The fraction of sp³-hybridized carbons (Fsp3) is 0.388. The van der Waals surface area contributed by atoms with Crippen LogP contribution >= 0.6 is 11.6 Å². The van der Waals surface area contributed by atoms with Gasteiger partial charge in [-0.05, 0) is 127 Å². The normalized spacial score (nSPS) is 10.0. The molecule has 0 aliphatic carbocycles. The third-order valence-electron chi connectivity index (χ3n) is 10.3. The summed E-state index contributed by atoms with van der Waals surface area (Å²) in [6.07, 6.45) is 0. The van der Waals surface area contributed by atoms with E-state index in [9.17, 15) is 10.1 Å². The van der Waals surface area contributed by atoms with Crippen molar-refractivity contribution in [2.24, 2.45) is 17.3 Å². The Bertz CT molecular complexity index is 2520. The van der Waals surface area contributed by atoms with Crippen LogP contribution in [-0.4, -0.2) is 12.0 Å². The number of nitrogens with zero attached hydrogens (tertiary/aromatic N) is 2. The van der Waals surface area contributed by atoms with Crippen molar-refractivity contribution in [3.8, 4) is 35.5 Å². The smallest absolute Gasteiger partial charge is 0.269 e. The molecule has 5 nitrogen and oxygen atoms in total. The number of halogens is 1. The van der Waals surface area contributed by atoms with E-state index in [1.54, 1.807) is 19.2 Å². The van der Waals surface area contributed by atoms with Gasteiger partial charge in [0.1, 0.15) is 5.75 Å². The van der Waals surface area contributed by atoms with Crippen LogP contribution in [0.15, 0.2) is 158 Å². The predicted octanol–water partition coefficient (Wildman–Crippen LogP) is 19.9. The topological polar surface area (TPSA) is 76.2 Å². The van der Waals surface area contributed by atoms with Gasteiger partial charge in [-0.15, -0.1) is 0 Å². The number of nitro groups is 1. The van der Waals surface area contributed by atoms with E-state index in [1.807, 2.05) is 84.9 Å². The van der Waals surface area contributed by atoms with Crippen LogP contribution in [0.25, 0.3) is 0 Å². The first kappa shape index (κ1) is 66.4. The van der Waals surface area contributed by atoms with Gasteiger partial charge in [0, 0.05) is 40.0 Å². The van der Waals surface area contributed by atoms with E-state index in [1.165, 1.54) is 34.4 Å². The summed E-state index contributed by atoms with van der Waals surface area (Å²) in [6.45, 7) is 36.3. The van der Waals surface area contributed by atoms with E-state index in [4.69, 9.17) is 21.6 Å². The van der Waals surface area contributed by atoms with Crippen LogP contribution in [0.3, 0.4) is 0 Å². The number of hydrogen-bond donors (Lipinski definition) is 0. The lowest BCUT2D eigenvalue weighted by atomic mass is 9.97. The number of nitro benzene ring substituents is 1. The summed E-state index contributed by atoms with van der Waals surface area (Å²) in [4.78, 5) is 9.90. The third kappa shape index (κ3) is 33.7. The molecule has 0 spiro atoms. The van der Waals surface area contributed by atoms with Crippen LogP contribution < -0.4 is 4.74 Å². The van der Waals surface area contributed by atoms with Gasteiger partial charge in [0.15, 0.2) is 0 Å². The number of methoxy groups -OCH3 is 1. The van der Waals surface area contributed by atoms with Gasteiger partial charge in [-0.1, -0.05) is 229 Å². The van der Waals surface area contributed by atoms with Gasteiger partial charge < -0.3 is 4.74 Å². The van der Waals surface area contributed by atoms with Crippen molar-refractivity contribution >= 4 is 17.3 Å². The van der Waals surface area contributed by atoms with E-state index in [2.05, 4.69) is 196 Å². The maximum Gasteiger partial charge on any atom is 0.269 e. The molecule has 0 heterocycles. The average molecular weight is 1000 g/mol. The van der Waals surface area contributed by atoms with Gasteiger partial charge in [-0.2, -0.15) is 5.26 Å². The van der Waals surface area contributed by atoms with Crippen molar-refractivity contribution in [2.75, 3.05) is 7.11 Å². The molecule has 0 aliphatic heterocycles. The molecular formula is C67H87ClN2O3. The molecule has 6 heteroatoms. The second-order valence-corrected chi connectivity index (χ2v) is 21.0. The zero-order valence-corrected chi connectivity index (χ0v) is 48.3. The van der Waals surface area contributed by atoms with Gasteiger partial charge in [0.05, 0.1) is 23.7 Å². The molecule has 6 aromatic carbocycles. The van der Waals surface area contributed by atoms with Crippen molar-refractivity contribution in [1.29, 1.82) is 5.26 Å².